The summed E-state index contributed by atoms with van der Waals surface area (Å²) in [7, 11) is 0. The van der Waals surface area contributed by atoms with Gasteiger partial charge in [-0.15, -0.1) is 0 Å². The molecule has 0 heterocycles. The Hall–Kier alpha value is -1.99. The van der Waals surface area contributed by atoms with Crippen LogP contribution in [0.3, 0.4) is 0 Å². The second kappa shape index (κ2) is 8.21. The van der Waals surface area contributed by atoms with Crippen LogP contribution in [0.15, 0.2) is 48.0 Å². The molecule has 0 saturated carbocycles. The third kappa shape index (κ3) is 4.52. The van der Waals surface area contributed by atoms with Crippen LogP contribution in [0.2, 0.25) is 15.1 Å². The number of rotatable bonds is 4. The van der Waals surface area contributed by atoms with Gasteiger partial charge in [0.15, 0.2) is 0 Å². The van der Waals surface area contributed by atoms with Crippen molar-refractivity contribution in [3.8, 4) is 6.07 Å². The smallest absolute Gasteiger partial charge is 0.262 e. The molecule has 1 atom stereocenters. The number of carbonyl (C=O) groups is 1. The predicted octanol–water partition coefficient (Wildman–Crippen LogP) is 5.43. The zero-order chi connectivity index (χ0) is 17.7. The SMILES string of the molecule is C[C@H](NC(=O)/C(C#N)=C/c1ccc(Cl)c(Cl)c1)c1ccccc1Cl. The van der Waals surface area contributed by atoms with Gasteiger partial charge in [0.2, 0.25) is 0 Å². The summed E-state index contributed by atoms with van der Waals surface area (Å²) in [6.45, 7) is 1.80. The minimum atomic E-state index is -0.490. The van der Waals surface area contributed by atoms with Crippen LogP contribution in [0.25, 0.3) is 6.08 Å². The molecule has 0 aromatic heterocycles. The standard InChI is InChI=1S/C18H13Cl3N2O/c1-11(14-4-2-3-5-15(14)19)23-18(24)13(10-22)8-12-6-7-16(20)17(21)9-12/h2-9,11H,1H3,(H,23,24)/b13-8+/t11-/m0/s1. The first-order valence-electron chi connectivity index (χ1n) is 7.04. The van der Waals surface area contributed by atoms with Gasteiger partial charge >= 0.3 is 0 Å². The molecule has 0 unspecified atom stereocenters. The van der Waals surface area contributed by atoms with Crippen molar-refractivity contribution in [2.24, 2.45) is 0 Å². The van der Waals surface area contributed by atoms with E-state index in [0.29, 0.717) is 20.6 Å². The van der Waals surface area contributed by atoms with Crippen LogP contribution in [0, 0.1) is 11.3 Å². The number of hydrogen-bond donors (Lipinski definition) is 1. The van der Waals surface area contributed by atoms with E-state index in [1.165, 1.54) is 6.08 Å². The van der Waals surface area contributed by atoms with Gasteiger partial charge in [-0.2, -0.15) is 5.26 Å². The molecule has 2 aromatic rings. The summed E-state index contributed by atoms with van der Waals surface area (Å²) in [6.07, 6.45) is 1.46. The van der Waals surface area contributed by atoms with E-state index in [1.807, 2.05) is 24.3 Å². The number of carbonyl (C=O) groups excluding carboxylic acids is 1. The van der Waals surface area contributed by atoms with Gasteiger partial charge in [-0.1, -0.05) is 59.1 Å². The van der Waals surface area contributed by atoms with Gasteiger partial charge in [0.25, 0.3) is 5.91 Å². The molecule has 0 fully saturated rings. The third-order valence-electron chi connectivity index (χ3n) is 3.34. The zero-order valence-corrected chi connectivity index (χ0v) is 15.0. The van der Waals surface area contributed by atoms with Crippen molar-refractivity contribution in [1.82, 2.24) is 5.32 Å². The van der Waals surface area contributed by atoms with Gasteiger partial charge < -0.3 is 5.32 Å². The highest BCUT2D eigenvalue weighted by Gasteiger charge is 2.15. The molecule has 0 spiro atoms. The summed E-state index contributed by atoms with van der Waals surface area (Å²) in [4.78, 5) is 12.3. The lowest BCUT2D eigenvalue weighted by molar-refractivity contribution is -0.117. The van der Waals surface area contributed by atoms with Crippen LogP contribution >= 0.6 is 34.8 Å². The predicted molar refractivity (Wildman–Crippen MR) is 98.1 cm³/mol. The van der Waals surface area contributed by atoms with Gasteiger partial charge in [-0.3, -0.25) is 4.79 Å². The van der Waals surface area contributed by atoms with Crippen molar-refractivity contribution in [3.63, 3.8) is 0 Å². The lowest BCUT2D eigenvalue weighted by Gasteiger charge is -2.15. The molecule has 6 heteroatoms. The van der Waals surface area contributed by atoms with Crippen molar-refractivity contribution < 1.29 is 4.79 Å². The Morgan fingerprint density at radius 3 is 2.46 bits per heavy atom. The molecule has 1 amide bonds. The van der Waals surface area contributed by atoms with Crippen LogP contribution in [-0.4, -0.2) is 5.91 Å². The molecule has 122 valence electrons. The van der Waals surface area contributed by atoms with Crippen LogP contribution in [-0.2, 0) is 4.79 Å². The fraction of sp³-hybridized carbons (Fsp3) is 0.111. The summed E-state index contributed by atoms with van der Waals surface area (Å²) in [5.41, 5.74) is 1.35. The van der Waals surface area contributed by atoms with Crippen molar-refractivity contribution >= 4 is 46.8 Å². The Bertz CT molecular complexity index is 840. The minimum Gasteiger partial charge on any atom is -0.345 e. The van der Waals surface area contributed by atoms with E-state index in [-0.39, 0.29) is 11.6 Å². The number of halogens is 3. The number of hydrogen-bond acceptors (Lipinski definition) is 2. The Balaban J connectivity index is 2.20. The molecule has 0 aliphatic heterocycles. The fourth-order valence-electron chi connectivity index (χ4n) is 2.10. The molecule has 0 saturated heterocycles. The normalized spacial score (nSPS) is 12.4. The van der Waals surface area contributed by atoms with E-state index in [1.54, 1.807) is 31.2 Å². The number of amides is 1. The highest BCUT2D eigenvalue weighted by Crippen LogP contribution is 2.24. The average molecular weight is 380 g/mol. The van der Waals surface area contributed by atoms with Gasteiger partial charge in [0.05, 0.1) is 16.1 Å². The lowest BCUT2D eigenvalue weighted by Crippen LogP contribution is -2.27. The molecule has 0 aliphatic carbocycles. The van der Waals surface area contributed by atoms with E-state index in [4.69, 9.17) is 34.8 Å². The Kier molecular flexibility index (Phi) is 6.28. The summed E-state index contributed by atoms with van der Waals surface area (Å²) >= 11 is 17.9. The molecule has 24 heavy (non-hydrogen) atoms. The Morgan fingerprint density at radius 2 is 1.83 bits per heavy atom. The molecule has 2 rings (SSSR count). The zero-order valence-electron chi connectivity index (χ0n) is 12.7. The summed E-state index contributed by atoms with van der Waals surface area (Å²) in [5.74, 6) is -0.490. The molecule has 0 bridgehead atoms. The van der Waals surface area contributed by atoms with Gasteiger partial charge in [-0.25, -0.2) is 0 Å². The quantitative estimate of drug-likeness (QED) is 0.568. The number of nitrogens with zero attached hydrogens (tertiary/aromatic N) is 1. The highest BCUT2D eigenvalue weighted by molar-refractivity contribution is 6.42. The molecule has 3 nitrogen and oxygen atoms in total. The molecular formula is C18H13Cl3N2O. The van der Waals surface area contributed by atoms with Crippen LogP contribution < -0.4 is 5.32 Å². The largest absolute Gasteiger partial charge is 0.345 e. The summed E-state index contributed by atoms with van der Waals surface area (Å²) in [5, 5.41) is 13.3. The van der Waals surface area contributed by atoms with E-state index in [9.17, 15) is 10.1 Å². The second-order valence-electron chi connectivity index (χ2n) is 5.06. The first-order valence-corrected chi connectivity index (χ1v) is 8.18. The average Bonchev–Trinajstić information content (AvgIpc) is 2.56. The molecule has 1 N–H and O–H groups in total. The Labute approximate surface area is 155 Å². The van der Waals surface area contributed by atoms with E-state index in [0.717, 1.165) is 5.56 Å². The van der Waals surface area contributed by atoms with E-state index >= 15 is 0 Å². The van der Waals surface area contributed by atoms with Gasteiger partial charge in [0, 0.05) is 5.02 Å². The maximum Gasteiger partial charge on any atom is 0.262 e. The maximum absolute atomic E-state index is 12.3. The van der Waals surface area contributed by atoms with E-state index < -0.39 is 5.91 Å². The maximum atomic E-state index is 12.3. The van der Waals surface area contributed by atoms with Crippen LogP contribution in [0.5, 0.6) is 0 Å². The van der Waals surface area contributed by atoms with Crippen molar-refractivity contribution in [3.05, 3.63) is 74.2 Å². The van der Waals surface area contributed by atoms with Crippen molar-refractivity contribution in [1.29, 1.82) is 5.26 Å². The number of nitriles is 1. The van der Waals surface area contributed by atoms with Crippen molar-refractivity contribution in [2.45, 2.75) is 13.0 Å². The van der Waals surface area contributed by atoms with Crippen LogP contribution in [0.1, 0.15) is 24.1 Å². The highest BCUT2D eigenvalue weighted by atomic mass is 35.5. The topological polar surface area (TPSA) is 52.9 Å². The molecule has 0 aliphatic rings. The molecular weight excluding hydrogens is 367 g/mol. The summed E-state index contributed by atoms with van der Waals surface area (Å²) < 4.78 is 0. The molecule has 0 radical (unpaired) electrons. The third-order valence-corrected chi connectivity index (χ3v) is 4.42. The van der Waals surface area contributed by atoms with E-state index in [2.05, 4.69) is 5.32 Å². The van der Waals surface area contributed by atoms with Gasteiger partial charge in [0.1, 0.15) is 11.6 Å². The van der Waals surface area contributed by atoms with Crippen LogP contribution in [0.4, 0.5) is 0 Å². The first-order chi connectivity index (χ1) is 11.4. The minimum absolute atomic E-state index is 0.0349. The number of nitrogens with one attached hydrogen (secondary N) is 1. The molecule has 2 aromatic carbocycles. The van der Waals surface area contributed by atoms with Gasteiger partial charge in [-0.05, 0) is 42.3 Å². The first kappa shape index (κ1) is 18.4. The monoisotopic (exact) mass is 378 g/mol. The summed E-state index contributed by atoms with van der Waals surface area (Å²) in [6, 6.07) is 13.6. The second-order valence-corrected chi connectivity index (χ2v) is 6.28. The number of benzene rings is 2. The fourth-order valence-corrected chi connectivity index (χ4v) is 2.70. The van der Waals surface area contributed by atoms with Crippen molar-refractivity contribution in [2.75, 3.05) is 0 Å². The Morgan fingerprint density at radius 1 is 1.12 bits per heavy atom. The lowest BCUT2D eigenvalue weighted by atomic mass is 10.1.